The maximum absolute atomic E-state index is 12.9. The lowest BCUT2D eigenvalue weighted by Crippen LogP contribution is -2.44. The minimum Gasteiger partial charge on any atom is -0.399 e. The molecule has 3 rings (SSSR count). The summed E-state index contributed by atoms with van der Waals surface area (Å²) >= 11 is 0. The van der Waals surface area contributed by atoms with Gasteiger partial charge in [0.2, 0.25) is 0 Å². The summed E-state index contributed by atoms with van der Waals surface area (Å²) < 4.78 is 12.4. The average molecular weight is 343 g/mol. The highest BCUT2D eigenvalue weighted by Crippen LogP contribution is 2.37. The Morgan fingerprint density at radius 3 is 2.28 bits per heavy atom. The van der Waals surface area contributed by atoms with Crippen LogP contribution in [-0.2, 0) is 9.31 Å². The second-order valence-electron chi connectivity index (χ2n) is 8.43. The van der Waals surface area contributed by atoms with E-state index in [0.717, 1.165) is 23.9 Å². The van der Waals surface area contributed by atoms with Crippen molar-refractivity contribution in [3.05, 3.63) is 29.3 Å². The number of nitrogens with one attached hydrogen (secondary N) is 1. The van der Waals surface area contributed by atoms with Crippen LogP contribution >= 0.6 is 0 Å². The van der Waals surface area contributed by atoms with Gasteiger partial charge < -0.3 is 14.6 Å². The van der Waals surface area contributed by atoms with Crippen molar-refractivity contribution in [2.24, 2.45) is 0 Å². The van der Waals surface area contributed by atoms with Gasteiger partial charge in [-0.15, -0.1) is 0 Å². The molecule has 2 aliphatic rings. The minimum absolute atomic E-state index is 0.0136. The van der Waals surface area contributed by atoms with E-state index in [9.17, 15) is 4.79 Å². The van der Waals surface area contributed by atoms with Crippen LogP contribution in [0, 0.1) is 6.92 Å². The summed E-state index contributed by atoms with van der Waals surface area (Å²) in [5.74, 6) is -0.0136. The first-order valence-corrected chi connectivity index (χ1v) is 9.47. The van der Waals surface area contributed by atoms with Gasteiger partial charge in [-0.25, -0.2) is 0 Å². The van der Waals surface area contributed by atoms with Crippen LogP contribution in [0.15, 0.2) is 18.2 Å². The first-order valence-electron chi connectivity index (χ1n) is 9.47. The third kappa shape index (κ3) is 3.63. The summed E-state index contributed by atoms with van der Waals surface area (Å²) in [4.78, 5) is 12.9. The number of carbonyl (C=O) groups is 1. The van der Waals surface area contributed by atoms with Crippen molar-refractivity contribution < 1.29 is 14.1 Å². The van der Waals surface area contributed by atoms with Crippen LogP contribution in [0.2, 0.25) is 0 Å². The van der Waals surface area contributed by atoms with Gasteiger partial charge in [0, 0.05) is 11.6 Å². The molecule has 0 spiro atoms. The summed E-state index contributed by atoms with van der Waals surface area (Å²) in [7, 11) is -0.515. The van der Waals surface area contributed by atoms with Crippen molar-refractivity contribution in [1.82, 2.24) is 5.32 Å². The smallest absolute Gasteiger partial charge is 0.399 e. The lowest BCUT2D eigenvalue weighted by atomic mass is 9.73. The zero-order chi connectivity index (χ0) is 18.2. The van der Waals surface area contributed by atoms with Crippen molar-refractivity contribution in [3.8, 4) is 0 Å². The quantitative estimate of drug-likeness (QED) is 0.856. The Morgan fingerprint density at radius 1 is 1.08 bits per heavy atom. The van der Waals surface area contributed by atoms with Crippen LogP contribution in [0.3, 0.4) is 0 Å². The Bertz CT molecular complexity index is 634. The summed E-state index contributed by atoms with van der Waals surface area (Å²) in [6, 6.07) is 6.11. The Hall–Kier alpha value is -1.33. The van der Waals surface area contributed by atoms with Gasteiger partial charge in [0.05, 0.1) is 11.2 Å². The number of benzene rings is 1. The molecule has 5 heteroatoms. The number of rotatable bonds is 3. The van der Waals surface area contributed by atoms with Crippen molar-refractivity contribution >= 4 is 18.5 Å². The van der Waals surface area contributed by atoms with E-state index in [2.05, 4.69) is 5.32 Å². The highest BCUT2D eigenvalue weighted by molar-refractivity contribution is 6.64. The molecule has 1 aromatic carbocycles. The van der Waals surface area contributed by atoms with Crippen LogP contribution in [-0.4, -0.2) is 30.3 Å². The maximum atomic E-state index is 12.9. The molecule has 25 heavy (non-hydrogen) atoms. The van der Waals surface area contributed by atoms with Gasteiger partial charge in [-0.2, -0.15) is 0 Å². The van der Waals surface area contributed by atoms with Crippen LogP contribution in [0.1, 0.15) is 75.7 Å². The number of hydrogen-bond donors (Lipinski definition) is 1. The van der Waals surface area contributed by atoms with E-state index in [0.29, 0.717) is 5.56 Å². The second kappa shape index (κ2) is 6.77. The van der Waals surface area contributed by atoms with Gasteiger partial charge in [0.1, 0.15) is 0 Å². The van der Waals surface area contributed by atoms with E-state index >= 15 is 0 Å². The van der Waals surface area contributed by atoms with E-state index < -0.39 is 18.3 Å². The normalized spacial score (nSPS) is 22.8. The van der Waals surface area contributed by atoms with Crippen molar-refractivity contribution in [2.75, 3.05) is 0 Å². The molecule has 136 valence electrons. The van der Waals surface area contributed by atoms with Gasteiger partial charge >= 0.3 is 7.12 Å². The van der Waals surface area contributed by atoms with Gasteiger partial charge in [0.15, 0.2) is 0 Å². The Labute approximate surface area is 151 Å². The number of amides is 1. The van der Waals surface area contributed by atoms with Gasteiger partial charge in [0.25, 0.3) is 5.91 Å². The first kappa shape index (κ1) is 18.5. The molecular formula is C20H30BNO3. The van der Waals surface area contributed by atoms with Crippen LogP contribution in [0.5, 0.6) is 0 Å². The fourth-order valence-corrected chi connectivity index (χ4v) is 3.66. The zero-order valence-electron chi connectivity index (χ0n) is 16.1. The molecule has 1 aliphatic carbocycles. The molecule has 4 nitrogen and oxygen atoms in total. The van der Waals surface area contributed by atoms with Crippen LogP contribution in [0.4, 0.5) is 0 Å². The third-order valence-corrected chi connectivity index (χ3v) is 6.00. The van der Waals surface area contributed by atoms with E-state index in [1.54, 1.807) is 0 Å². The molecule has 1 N–H and O–H groups in total. The van der Waals surface area contributed by atoms with Crippen LogP contribution in [0.25, 0.3) is 0 Å². The largest absolute Gasteiger partial charge is 0.495 e. The number of carbonyl (C=O) groups excluding carboxylic acids is 1. The lowest BCUT2D eigenvalue weighted by molar-refractivity contribution is 0.00578. The third-order valence-electron chi connectivity index (χ3n) is 6.00. The molecule has 1 saturated carbocycles. The summed E-state index contributed by atoms with van der Waals surface area (Å²) in [5, 5.41) is 3.22. The predicted molar refractivity (Wildman–Crippen MR) is 101 cm³/mol. The molecule has 1 amide bonds. The summed E-state index contributed by atoms with van der Waals surface area (Å²) in [6.07, 6.45) is 5.81. The number of aryl methyl sites for hydroxylation is 1. The first-order chi connectivity index (χ1) is 11.7. The standard InChI is InChI=1S/C20H30BNO3/c1-14-10-9-13-16(18(23)22-15-11-7-6-8-12-15)17(14)21-24-19(2,3)20(4,5)25-21/h9-10,13,15H,6-8,11-12H2,1-5H3,(H,22,23). The molecule has 1 aromatic rings. The minimum atomic E-state index is -0.515. The highest BCUT2D eigenvalue weighted by atomic mass is 16.7. The summed E-state index contributed by atoms with van der Waals surface area (Å²) in [5.41, 5.74) is 1.71. The average Bonchev–Trinajstić information content (AvgIpc) is 2.75. The molecule has 1 heterocycles. The molecule has 0 radical (unpaired) electrons. The van der Waals surface area contributed by atoms with Crippen molar-refractivity contribution in [3.63, 3.8) is 0 Å². The molecule has 1 saturated heterocycles. The number of hydrogen-bond acceptors (Lipinski definition) is 3. The SMILES string of the molecule is Cc1cccc(C(=O)NC2CCCCC2)c1B1OC(C)(C)C(C)(C)O1. The van der Waals surface area contributed by atoms with E-state index in [4.69, 9.17) is 9.31 Å². The molecule has 0 aromatic heterocycles. The van der Waals surface area contributed by atoms with E-state index in [-0.39, 0.29) is 11.9 Å². The highest BCUT2D eigenvalue weighted by Gasteiger charge is 2.52. The molecular weight excluding hydrogens is 313 g/mol. The molecule has 1 aliphatic heterocycles. The van der Waals surface area contributed by atoms with Crippen molar-refractivity contribution in [2.45, 2.75) is 84.0 Å². The summed E-state index contributed by atoms with van der Waals surface area (Å²) in [6.45, 7) is 10.2. The monoisotopic (exact) mass is 343 g/mol. The second-order valence-corrected chi connectivity index (χ2v) is 8.43. The fourth-order valence-electron chi connectivity index (χ4n) is 3.66. The zero-order valence-corrected chi connectivity index (χ0v) is 16.1. The maximum Gasteiger partial charge on any atom is 0.495 e. The molecule has 0 atom stereocenters. The predicted octanol–water partition coefficient (Wildman–Crippen LogP) is 3.36. The van der Waals surface area contributed by atoms with Crippen LogP contribution < -0.4 is 10.8 Å². The molecule has 0 unspecified atom stereocenters. The fraction of sp³-hybridized carbons (Fsp3) is 0.650. The molecule has 2 fully saturated rings. The Kier molecular flexibility index (Phi) is 5.00. The van der Waals surface area contributed by atoms with E-state index in [1.807, 2.05) is 52.8 Å². The molecule has 0 bridgehead atoms. The van der Waals surface area contributed by atoms with Gasteiger partial charge in [-0.1, -0.05) is 37.0 Å². The Morgan fingerprint density at radius 2 is 1.68 bits per heavy atom. The lowest BCUT2D eigenvalue weighted by Gasteiger charge is -2.32. The van der Waals surface area contributed by atoms with Gasteiger partial charge in [-0.05, 0) is 59.0 Å². The Balaban J connectivity index is 1.86. The van der Waals surface area contributed by atoms with Crippen molar-refractivity contribution in [1.29, 1.82) is 0 Å². The topological polar surface area (TPSA) is 47.6 Å². The van der Waals surface area contributed by atoms with E-state index in [1.165, 1.54) is 19.3 Å². The van der Waals surface area contributed by atoms with Gasteiger partial charge in [-0.3, -0.25) is 4.79 Å².